The number of unbranched alkanes of at least 4 members (excludes halogenated alkanes) is 4. The molecule has 0 aromatic heterocycles. The molecule has 0 fully saturated rings. The summed E-state index contributed by atoms with van der Waals surface area (Å²) < 4.78 is 4.62. The molecule has 1 unspecified atom stereocenters. The molecule has 23 heavy (non-hydrogen) atoms. The summed E-state index contributed by atoms with van der Waals surface area (Å²) in [6.45, 7) is 8.10. The van der Waals surface area contributed by atoms with Crippen LogP contribution in [0.1, 0.15) is 72.1 Å². The molecular weight excluding hydrogens is 405 g/mol. The molecular formula is C17H36IN3O2. The molecule has 138 valence electrons. The molecule has 0 aromatic carbocycles. The Morgan fingerprint density at radius 3 is 2.48 bits per heavy atom. The number of hydrogen-bond acceptors (Lipinski definition) is 3. The van der Waals surface area contributed by atoms with Gasteiger partial charge in [0.25, 0.3) is 0 Å². The van der Waals surface area contributed by atoms with E-state index in [4.69, 9.17) is 0 Å². The quantitative estimate of drug-likeness (QED) is 0.159. The number of ether oxygens (including phenoxy) is 1. The minimum absolute atomic E-state index is 0. The molecule has 0 amide bonds. The molecule has 0 rings (SSSR count). The number of carbonyl (C=O) groups is 1. The van der Waals surface area contributed by atoms with Crippen molar-refractivity contribution in [3.8, 4) is 0 Å². The number of methoxy groups -OCH3 is 1. The number of rotatable bonds is 12. The monoisotopic (exact) mass is 441 g/mol. The Balaban J connectivity index is 0. The summed E-state index contributed by atoms with van der Waals surface area (Å²) in [6, 6.07) is 0.435. The largest absolute Gasteiger partial charge is 0.469 e. The van der Waals surface area contributed by atoms with E-state index in [0.29, 0.717) is 12.5 Å². The van der Waals surface area contributed by atoms with Crippen molar-refractivity contribution >= 4 is 35.9 Å². The highest BCUT2D eigenvalue weighted by Crippen LogP contribution is 2.05. The van der Waals surface area contributed by atoms with E-state index in [2.05, 4.69) is 41.1 Å². The van der Waals surface area contributed by atoms with Crippen LogP contribution in [0.3, 0.4) is 0 Å². The van der Waals surface area contributed by atoms with Gasteiger partial charge in [0.2, 0.25) is 0 Å². The van der Waals surface area contributed by atoms with Gasteiger partial charge in [-0.1, -0.05) is 32.6 Å². The molecule has 2 N–H and O–H groups in total. The van der Waals surface area contributed by atoms with Crippen LogP contribution in [0, 0.1) is 0 Å². The minimum atomic E-state index is -0.144. The summed E-state index contributed by atoms with van der Waals surface area (Å²) in [5, 5.41) is 6.73. The van der Waals surface area contributed by atoms with E-state index in [1.54, 1.807) is 0 Å². The zero-order chi connectivity index (χ0) is 16.6. The van der Waals surface area contributed by atoms with Gasteiger partial charge in [-0.25, -0.2) is 0 Å². The lowest BCUT2D eigenvalue weighted by molar-refractivity contribution is -0.140. The number of halogens is 1. The highest BCUT2D eigenvalue weighted by atomic mass is 127. The summed E-state index contributed by atoms with van der Waals surface area (Å²) >= 11 is 0. The molecule has 0 heterocycles. The molecule has 0 saturated carbocycles. The van der Waals surface area contributed by atoms with Crippen molar-refractivity contribution in [3.05, 3.63) is 0 Å². The normalized spacial score (nSPS) is 12.3. The average Bonchev–Trinajstić information content (AvgIpc) is 2.51. The van der Waals surface area contributed by atoms with E-state index in [-0.39, 0.29) is 29.9 Å². The van der Waals surface area contributed by atoms with Crippen LogP contribution in [0.5, 0.6) is 0 Å². The number of carbonyl (C=O) groups excluding carboxylic acids is 1. The predicted octanol–water partition coefficient (Wildman–Crippen LogP) is 3.86. The first kappa shape index (κ1) is 24.7. The van der Waals surface area contributed by atoms with Gasteiger partial charge in [-0.05, 0) is 33.1 Å². The number of aliphatic imine (C=N–C) groups is 1. The number of nitrogens with zero attached hydrogens (tertiary/aromatic N) is 1. The lowest BCUT2D eigenvalue weighted by Crippen LogP contribution is -2.42. The van der Waals surface area contributed by atoms with Crippen molar-refractivity contribution in [1.29, 1.82) is 0 Å². The number of esters is 1. The van der Waals surface area contributed by atoms with E-state index in [0.717, 1.165) is 31.9 Å². The van der Waals surface area contributed by atoms with Crippen LogP contribution < -0.4 is 10.6 Å². The first-order valence-electron chi connectivity index (χ1n) is 8.75. The molecule has 0 aliphatic carbocycles. The van der Waals surface area contributed by atoms with E-state index in [9.17, 15) is 4.79 Å². The smallest absolute Gasteiger partial charge is 0.305 e. The Hall–Kier alpha value is -0.530. The van der Waals surface area contributed by atoms with Gasteiger partial charge in [0.15, 0.2) is 5.96 Å². The molecule has 5 nitrogen and oxygen atoms in total. The Labute approximate surface area is 159 Å². The summed E-state index contributed by atoms with van der Waals surface area (Å²) in [6.07, 6.45) is 8.54. The summed E-state index contributed by atoms with van der Waals surface area (Å²) in [7, 11) is 1.43. The highest BCUT2D eigenvalue weighted by molar-refractivity contribution is 14.0. The maximum atomic E-state index is 11.0. The number of nitrogens with one attached hydrogen (secondary N) is 2. The van der Waals surface area contributed by atoms with Crippen molar-refractivity contribution in [2.24, 2.45) is 4.99 Å². The van der Waals surface area contributed by atoms with Gasteiger partial charge in [0.05, 0.1) is 7.11 Å². The molecule has 0 aromatic rings. The second-order valence-electron chi connectivity index (χ2n) is 5.69. The van der Waals surface area contributed by atoms with Gasteiger partial charge >= 0.3 is 5.97 Å². The first-order chi connectivity index (χ1) is 10.6. The predicted molar refractivity (Wildman–Crippen MR) is 109 cm³/mol. The molecule has 6 heteroatoms. The van der Waals surface area contributed by atoms with Crippen molar-refractivity contribution in [2.75, 3.05) is 20.2 Å². The van der Waals surface area contributed by atoms with Crippen molar-refractivity contribution in [1.82, 2.24) is 10.6 Å². The third kappa shape index (κ3) is 16.1. The van der Waals surface area contributed by atoms with Gasteiger partial charge in [0.1, 0.15) is 0 Å². The zero-order valence-electron chi connectivity index (χ0n) is 15.3. The third-order valence-electron chi connectivity index (χ3n) is 3.50. The van der Waals surface area contributed by atoms with Crippen molar-refractivity contribution in [2.45, 2.75) is 78.2 Å². The Morgan fingerprint density at radius 2 is 1.87 bits per heavy atom. The molecule has 0 aliphatic rings. The summed E-state index contributed by atoms with van der Waals surface area (Å²) in [4.78, 5) is 15.6. The minimum Gasteiger partial charge on any atom is -0.469 e. The van der Waals surface area contributed by atoms with Gasteiger partial charge in [-0.15, -0.1) is 24.0 Å². The molecule has 1 atom stereocenters. The molecule has 0 saturated heterocycles. The number of guanidine groups is 1. The standard InChI is InChI=1S/C17H35N3O2.HI/c1-5-7-8-9-12-15(3)20-17(18-6-2)19-14-11-10-13-16(21)22-4;/h15H,5-14H2,1-4H3,(H2,18,19,20);1H. The summed E-state index contributed by atoms with van der Waals surface area (Å²) in [5.41, 5.74) is 0. The molecule has 0 aliphatic heterocycles. The highest BCUT2D eigenvalue weighted by Gasteiger charge is 2.05. The van der Waals surface area contributed by atoms with E-state index < -0.39 is 0 Å². The lowest BCUT2D eigenvalue weighted by atomic mass is 10.1. The molecule has 0 radical (unpaired) electrons. The van der Waals surface area contributed by atoms with Gasteiger partial charge in [0, 0.05) is 25.6 Å². The van der Waals surface area contributed by atoms with Crippen LogP contribution in [-0.4, -0.2) is 38.2 Å². The maximum absolute atomic E-state index is 11.0. The van der Waals surface area contributed by atoms with Gasteiger partial charge in [-0.2, -0.15) is 0 Å². The fourth-order valence-electron chi connectivity index (χ4n) is 2.18. The Kier molecular flexibility index (Phi) is 19.1. The summed E-state index contributed by atoms with van der Waals surface area (Å²) in [5.74, 6) is 0.735. The SMILES string of the molecule is CCCCCCC(C)NC(=NCCCCC(=O)OC)NCC.I. The second-order valence-corrected chi connectivity index (χ2v) is 5.69. The van der Waals surface area contributed by atoms with E-state index in [1.165, 1.54) is 39.2 Å². The van der Waals surface area contributed by atoms with Crippen molar-refractivity contribution in [3.63, 3.8) is 0 Å². The van der Waals surface area contributed by atoms with Gasteiger partial charge < -0.3 is 15.4 Å². The lowest BCUT2D eigenvalue weighted by Gasteiger charge is -2.17. The van der Waals surface area contributed by atoms with Crippen LogP contribution in [0.4, 0.5) is 0 Å². The molecule has 0 bridgehead atoms. The van der Waals surface area contributed by atoms with Crippen LogP contribution in [0.2, 0.25) is 0 Å². The molecule has 0 spiro atoms. The van der Waals surface area contributed by atoms with Crippen molar-refractivity contribution < 1.29 is 9.53 Å². The maximum Gasteiger partial charge on any atom is 0.305 e. The second kappa shape index (κ2) is 17.8. The fourth-order valence-corrected chi connectivity index (χ4v) is 2.18. The van der Waals surface area contributed by atoms with Crippen LogP contribution in [-0.2, 0) is 9.53 Å². The first-order valence-corrected chi connectivity index (χ1v) is 8.75. The van der Waals surface area contributed by atoms with E-state index in [1.807, 2.05) is 0 Å². The Bertz CT molecular complexity index is 312. The third-order valence-corrected chi connectivity index (χ3v) is 3.50. The van der Waals surface area contributed by atoms with Crippen LogP contribution in [0.25, 0.3) is 0 Å². The number of hydrogen-bond donors (Lipinski definition) is 2. The fraction of sp³-hybridized carbons (Fsp3) is 0.882. The van der Waals surface area contributed by atoms with E-state index >= 15 is 0 Å². The zero-order valence-corrected chi connectivity index (χ0v) is 17.7. The van der Waals surface area contributed by atoms with Gasteiger partial charge in [-0.3, -0.25) is 9.79 Å². The Morgan fingerprint density at radius 1 is 1.13 bits per heavy atom. The van der Waals surface area contributed by atoms with Crippen LogP contribution in [0.15, 0.2) is 4.99 Å². The average molecular weight is 441 g/mol. The topological polar surface area (TPSA) is 62.7 Å². The van der Waals surface area contributed by atoms with Crippen LogP contribution >= 0.6 is 24.0 Å².